The number of nitrogens with zero attached hydrogens (tertiary/aromatic N) is 1. The van der Waals surface area contributed by atoms with E-state index in [1.54, 1.807) is 0 Å². The predicted molar refractivity (Wildman–Crippen MR) is 114 cm³/mol. The third-order valence-electron chi connectivity index (χ3n) is 4.31. The Labute approximate surface area is 157 Å². The van der Waals surface area contributed by atoms with E-state index in [9.17, 15) is 5.11 Å². The summed E-state index contributed by atoms with van der Waals surface area (Å²) in [5.74, 6) is 0. The zero-order valence-corrected chi connectivity index (χ0v) is 15.9. The van der Waals surface area contributed by atoms with Crippen molar-refractivity contribution in [2.75, 3.05) is 6.61 Å². The molecule has 132 valence electrons. The highest BCUT2D eigenvalue weighted by atomic mass is 31.1. The third kappa shape index (κ3) is 4.46. The van der Waals surface area contributed by atoms with E-state index < -0.39 is 7.92 Å². The Hall–Kier alpha value is -2.28. The molecule has 3 aromatic carbocycles. The lowest BCUT2D eigenvalue weighted by molar-refractivity contribution is 0.264. The Kier molecular flexibility index (Phi) is 6.71. The van der Waals surface area contributed by atoms with E-state index in [2.05, 4.69) is 83.9 Å². The third-order valence-corrected chi connectivity index (χ3v) is 6.83. The maximum atomic E-state index is 9.43. The molecule has 1 atom stereocenters. The van der Waals surface area contributed by atoms with Gasteiger partial charge in [0.15, 0.2) is 0 Å². The van der Waals surface area contributed by atoms with Crippen LogP contribution in [-0.2, 0) is 0 Å². The zero-order valence-electron chi connectivity index (χ0n) is 15.0. The first-order valence-electron chi connectivity index (χ1n) is 8.96. The van der Waals surface area contributed by atoms with Gasteiger partial charge in [0.25, 0.3) is 0 Å². The van der Waals surface area contributed by atoms with E-state index >= 15 is 0 Å². The Morgan fingerprint density at radius 2 is 1.38 bits per heavy atom. The second kappa shape index (κ2) is 9.43. The highest BCUT2D eigenvalue weighted by Crippen LogP contribution is 2.33. The number of hydrogen-bond acceptors (Lipinski definition) is 2. The smallest absolute Gasteiger partial charge is 0.0727 e. The molecule has 0 aliphatic carbocycles. The lowest BCUT2D eigenvalue weighted by Gasteiger charge is -2.21. The van der Waals surface area contributed by atoms with Crippen molar-refractivity contribution in [2.45, 2.75) is 19.4 Å². The molecule has 2 nitrogen and oxygen atoms in total. The molecule has 26 heavy (non-hydrogen) atoms. The Balaban J connectivity index is 2.08. The lowest BCUT2D eigenvalue weighted by Crippen LogP contribution is -2.23. The summed E-state index contributed by atoms with van der Waals surface area (Å²) in [6, 6.07) is 29.8. The fourth-order valence-corrected chi connectivity index (χ4v) is 5.27. The SMILES string of the molecule is CC[C@H](CO)N=Cc1ccccc1P(c1ccccc1)c1ccccc1. The van der Waals surface area contributed by atoms with Crippen LogP contribution in [0.3, 0.4) is 0 Å². The average Bonchev–Trinajstić information content (AvgIpc) is 2.72. The van der Waals surface area contributed by atoms with E-state index in [0.717, 1.165) is 12.0 Å². The molecule has 0 fully saturated rings. The van der Waals surface area contributed by atoms with Gasteiger partial charge in [-0.1, -0.05) is 91.9 Å². The van der Waals surface area contributed by atoms with Gasteiger partial charge in [0.1, 0.15) is 0 Å². The van der Waals surface area contributed by atoms with E-state index in [1.165, 1.54) is 15.9 Å². The average molecular weight is 361 g/mol. The monoisotopic (exact) mass is 361 g/mol. The fraction of sp³-hybridized carbons (Fsp3) is 0.174. The molecule has 0 heterocycles. The van der Waals surface area contributed by atoms with Crippen LogP contribution in [0.5, 0.6) is 0 Å². The largest absolute Gasteiger partial charge is 0.394 e. The molecule has 0 spiro atoms. The minimum Gasteiger partial charge on any atom is -0.394 e. The second-order valence-corrected chi connectivity index (χ2v) is 8.27. The molecular formula is C23H24NOP. The van der Waals surface area contributed by atoms with Crippen molar-refractivity contribution in [3.63, 3.8) is 0 Å². The molecule has 0 amide bonds. The number of benzene rings is 3. The molecule has 0 saturated heterocycles. The van der Waals surface area contributed by atoms with Crippen LogP contribution in [0.4, 0.5) is 0 Å². The summed E-state index contributed by atoms with van der Waals surface area (Å²) < 4.78 is 0. The molecule has 0 aliphatic heterocycles. The van der Waals surface area contributed by atoms with Crippen LogP contribution in [0.25, 0.3) is 0 Å². The second-order valence-electron chi connectivity index (χ2n) is 6.09. The topological polar surface area (TPSA) is 32.6 Å². The Morgan fingerprint density at radius 1 is 0.846 bits per heavy atom. The zero-order chi connectivity index (χ0) is 18.2. The first kappa shape index (κ1) is 18.5. The molecule has 0 bridgehead atoms. The quantitative estimate of drug-likeness (QED) is 0.506. The molecular weight excluding hydrogens is 337 g/mol. The molecule has 3 aromatic rings. The summed E-state index contributed by atoms with van der Waals surface area (Å²) in [4.78, 5) is 4.60. The number of aliphatic hydroxyl groups excluding tert-OH is 1. The van der Waals surface area contributed by atoms with Crippen molar-refractivity contribution < 1.29 is 5.11 Å². The number of aliphatic imine (C=N–C) groups is 1. The van der Waals surface area contributed by atoms with E-state index in [4.69, 9.17) is 0 Å². The first-order chi connectivity index (χ1) is 12.8. The van der Waals surface area contributed by atoms with E-state index in [0.29, 0.717) is 0 Å². The maximum absolute atomic E-state index is 9.43. The summed E-state index contributed by atoms with van der Waals surface area (Å²) in [5, 5.41) is 13.4. The van der Waals surface area contributed by atoms with Gasteiger partial charge in [-0.05, 0) is 30.3 Å². The van der Waals surface area contributed by atoms with Crippen LogP contribution in [0.2, 0.25) is 0 Å². The van der Waals surface area contributed by atoms with Crippen molar-refractivity contribution in [2.24, 2.45) is 4.99 Å². The van der Waals surface area contributed by atoms with Crippen LogP contribution in [-0.4, -0.2) is 24.0 Å². The van der Waals surface area contributed by atoms with Crippen LogP contribution >= 0.6 is 7.92 Å². The van der Waals surface area contributed by atoms with Gasteiger partial charge in [-0.25, -0.2) is 0 Å². The summed E-state index contributed by atoms with van der Waals surface area (Å²) >= 11 is 0. The van der Waals surface area contributed by atoms with Gasteiger partial charge in [-0.15, -0.1) is 0 Å². The summed E-state index contributed by atoms with van der Waals surface area (Å²) in [6.07, 6.45) is 2.77. The van der Waals surface area contributed by atoms with Gasteiger partial charge in [0.2, 0.25) is 0 Å². The predicted octanol–water partition coefficient (Wildman–Crippen LogP) is 3.63. The van der Waals surface area contributed by atoms with Crippen molar-refractivity contribution in [3.8, 4) is 0 Å². The lowest BCUT2D eigenvalue weighted by atomic mass is 10.2. The van der Waals surface area contributed by atoms with Gasteiger partial charge in [0, 0.05) is 11.8 Å². The van der Waals surface area contributed by atoms with Crippen LogP contribution in [0.15, 0.2) is 89.9 Å². The minimum absolute atomic E-state index is 0.0391. The fourth-order valence-electron chi connectivity index (χ4n) is 2.85. The van der Waals surface area contributed by atoms with Crippen molar-refractivity contribution >= 4 is 30.0 Å². The number of rotatable bonds is 7. The molecule has 3 heteroatoms. The van der Waals surface area contributed by atoms with Crippen molar-refractivity contribution in [1.29, 1.82) is 0 Å². The molecule has 0 radical (unpaired) electrons. The number of aliphatic hydroxyl groups is 1. The van der Waals surface area contributed by atoms with Gasteiger partial charge >= 0.3 is 0 Å². The van der Waals surface area contributed by atoms with Crippen LogP contribution in [0.1, 0.15) is 18.9 Å². The van der Waals surface area contributed by atoms with Gasteiger partial charge in [-0.2, -0.15) is 0 Å². The Bertz CT molecular complexity index is 790. The molecule has 0 aliphatic rings. The normalized spacial score (nSPS) is 12.6. The summed E-state index contributed by atoms with van der Waals surface area (Å²) in [7, 11) is -0.660. The summed E-state index contributed by atoms with van der Waals surface area (Å²) in [5.41, 5.74) is 1.12. The molecule has 0 aromatic heterocycles. The van der Waals surface area contributed by atoms with Gasteiger partial charge < -0.3 is 5.11 Å². The Morgan fingerprint density at radius 3 is 1.92 bits per heavy atom. The van der Waals surface area contributed by atoms with Crippen molar-refractivity contribution in [3.05, 3.63) is 90.5 Å². The van der Waals surface area contributed by atoms with E-state index in [1.807, 2.05) is 19.2 Å². The highest BCUT2D eigenvalue weighted by Gasteiger charge is 2.18. The highest BCUT2D eigenvalue weighted by molar-refractivity contribution is 7.80. The number of hydrogen-bond donors (Lipinski definition) is 1. The molecule has 3 rings (SSSR count). The van der Waals surface area contributed by atoms with Gasteiger partial charge in [0.05, 0.1) is 12.6 Å². The molecule has 0 saturated carbocycles. The molecule has 0 unspecified atom stereocenters. The molecule has 1 N–H and O–H groups in total. The van der Waals surface area contributed by atoms with Crippen LogP contribution in [0, 0.1) is 0 Å². The first-order valence-corrected chi connectivity index (χ1v) is 10.3. The maximum Gasteiger partial charge on any atom is 0.0727 e. The standard InChI is InChI=1S/C23H24NOP/c1-2-20(18-25)24-17-19-11-9-10-16-23(19)26(21-12-5-3-6-13-21)22-14-7-4-8-15-22/h3-17,20,25H,2,18H2,1H3/t20-/m1/s1. The minimum atomic E-state index is -0.660. The van der Waals surface area contributed by atoms with Crippen molar-refractivity contribution in [1.82, 2.24) is 0 Å². The van der Waals surface area contributed by atoms with Crippen LogP contribution < -0.4 is 15.9 Å². The van der Waals surface area contributed by atoms with E-state index in [-0.39, 0.29) is 12.6 Å². The van der Waals surface area contributed by atoms with Gasteiger partial charge in [-0.3, -0.25) is 4.99 Å². The summed E-state index contributed by atoms with van der Waals surface area (Å²) in [6.45, 7) is 2.13.